The summed E-state index contributed by atoms with van der Waals surface area (Å²) in [4.78, 5) is 22.2. The molecule has 1 fully saturated rings. The third kappa shape index (κ3) is 1.48. The Hall–Kier alpha value is -1.73. The highest BCUT2D eigenvalue weighted by Gasteiger charge is 2.41. The van der Waals surface area contributed by atoms with Crippen LogP contribution in [0.3, 0.4) is 0 Å². The number of aromatic amines is 1. The maximum atomic E-state index is 11.5. The van der Waals surface area contributed by atoms with Crippen molar-refractivity contribution in [2.24, 2.45) is 11.8 Å². The second kappa shape index (κ2) is 4.18. The van der Waals surface area contributed by atoms with Crippen LogP contribution in [0.15, 0.2) is 17.4 Å². The van der Waals surface area contributed by atoms with Gasteiger partial charge in [0.25, 0.3) is 5.56 Å². The Bertz CT molecular complexity index is 620. The largest absolute Gasteiger partial charge is 0.396 e. The van der Waals surface area contributed by atoms with Crippen LogP contribution in [0, 0.1) is 11.8 Å². The van der Waals surface area contributed by atoms with Gasteiger partial charge in [-0.2, -0.15) is 0 Å². The minimum atomic E-state index is -0.266. The number of aromatic nitrogens is 4. The molecular weight excluding hydrogens is 236 g/mol. The molecule has 7 nitrogen and oxygen atoms in total. The van der Waals surface area contributed by atoms with E-state index in [1.165, 1.54) is 6.33 Å². The lowest BCUT2D eigenvalue weighted by Gasteiger charge is -2.43. The highest BCUT2D eigenvalue weighted by molar-refractivity contribution is 5.69. The van der Waals surface area contributed by atoms with Gasteiger partial charge in [-0.25, -0.2) is 9.97 Å². The number of imidazole rings is 1. The third-order valence-corrected chi connectivity index (χ3v) is 3.81. The monoisotopic (exact) mass is 250 g/mol. The summed E-state index contributed by atoms with van der Waals surface area (Å²) >= 11 is 0. The minimum Gasteiger partial charge on any atom is -0.396 e. The molecule has 96 valence electrons. The van der Waals surface area contributed by atoms with Crippen LogP contribution in [0.2, 0.25) is 0 Å². The Kier molecular flexibility index (Phi) is 2.64. The summed E-state index contributed by atoms with van der Waals surface area (Å²) in [6, 6.07) is 0.0476. The van der Waals surface area contributed by atoms with Gasteiger partial charge in [0.05, 0.1) is 12.7 Å². The fourth-order valence-corrected chi connectivity index (χ4v) is 2.68. The van der Waals surface area contributed by atoms with E-state index in [4.69, 9.17) is 5.11 Å². The van der Waals surface area contributed by atoms with Crippen molar-refractivity contribution in [3.8, 4) is 0 Å². The van der Waals surface area contributed by atoms with Crippen LogP contribution in [0.25, 0.3) is 11.2 Å². The number of aliphatic hydroxyl groups is 2. The fraction of sp³-hybridized carbons (Fsp3) is 0.545. The zero-order chi connectivity index (χ0) is 12.7. The number of nitrogens with zero attached hydrogens (tertiary/aromatic N) is 3. The van der Waals surface area contributed by atoms with Crippen molar-refractivity contribution in [3.05, 3.63) is 23.0 Å². The molecule has 1 saturated carbocycles. The molecule has 0 saturated heterocycles. The summed E-state index contributed by atoms with van der Waals surface area (Å²) < 4.78 is 1.82. The normalized spacial score (nSPS) is 27.3. The van der Waals surface area contributed by atoms with E-state index in [0.29, 0.717) is 11.2 Å². The first-order valence-electron chi connectivity index (χ1n) is 5.88. The van der Waals surface area contributed by atoms with E-state index in [2.05, 4.69) is 15.0 Å². The first-order chi connectivity index (χ1) is 8.76. The van der Waals surface area contributed by atoms with E-state index >= 15 is 0 Å². The van der Waals surface area contributed by atoms with Gasteiger partial charge in [0.15, 0.2) is 11.2 Å². The van der Waals surface area contributed by atoms with Crippen LogP contribution in [0.1, 0.15) is 12.5 Å². The quantitative estimate of drug-likeness (QED) is 0.667. The van der Waals surface area contributed by atoms with Gasteiger partial charge in [0.1, 0.15) is 0 Å². The average molecular weight is 250 g/mol. The zero-order valence-corrected chi connectivity index (χ0v) is 9.65. The Morgan fingerprint density at radius 1 is 1.39 bits per heavy atom. The number of fused-ring (bicyclic) bond motifs is 1. The predicted octanol–water partition coefficient (Wildman–Crippen LogP) is -0.719. The molecule has 0 spiro atoms. The lowest BCUT2D eigenvalue weighted by molar-refractivity contribution is -0.00529. The Morgan fingerprint density at radius 2 is 2.22 bits per heavy atom. The lowest BCUT2D eigenvalue weighted by Crippen LogP contribution is -2.42. The molecule has 3 rings (SSSR count). The van der Waals surface area contributed by atoms with Gasteiger partial charge in [-0.15, -0.1) is 0 Å². The molecule has 7 heteroatoms. The van der Waals surface area contributed by atoms with Crippen LogP contribution in [0.4, 0.5) is 0 Å². The highest BCUT2D eigenvalue weighted by Crippen LogP contribution is 2.44. The number of hydrogen-bond acceptors (Lipinski definition) is 5. The topological polar surface area (TPSA) is 104 Å². The number of H-pyrrole nitrogens is 1. The maximum absolute atomic E-state index is 11.5. The van der Waals surface area contributed by atoms with Crippen LogP contribution in [-0.4, -0.2) is 42.9 Å². The van der Waals surface area contributed by atoms with Crippen molar-refractivity contribution in [1.29, 1.82) is 0 Å². The molecule has 3 N–H and O–H groups in total. The molecule has 0 aromatic carbocycles. The molecule has 2 aromatic rings. The van der Waals surface area contributed by atoms with Crippen LogP contribution < -0.4 is 5.56 Å². The smallest absolute Gasteiger partial charge is 0.278 e. The molecule has 0 unspecified atom stereocenters. The van der Waals surface area contributed by atoms with Crippen molar-refractivity contribution in [2.75, 3.05) is 13.2 Å². The molecule has 1 aliphatic rings. The van der Waals surface area contributed by atoms with Gasteiger partial charge in [-0.05, 0) is 12.3 Å². The van der Waals surface area contributed by atoms with Crippen LogP contribution in [-0.2, 0) is 0 Å². The maximum Gasteiger partial charge on any atom is 0.278 e. The number of hydrogen-bond donors (Lipinski definition) is 3. The van der Waals surface area contributed by atoms with Gasteiger partial charge in [-0.1, -0.05) is 0 Å². The van der Waals surface area contributed by atoms with Crippen molar-refractivity contribution in [1.82, 2.24) is 19.5 Å². The minimum absolute atomic E-state index is 0.00603. The molecule has 0 radical (unpaired) electrons. The summed E-state index contributed by atoms with van der Waals surface area (Å²) in [6.45, 7) is 0.0845. The van der Waals surface area contributed by atoms with Gasteiger partial charge >= 0.3 is 0 Å². The Labute approximate surface area is 102 Å². The van der Waals surface area contributed by atoms with E-state index in [1.807, 2.05) is 4.57 Å². The molecule has 0 amide bonds. The van der Waals surface area contributed by atoms with Gasteiger partial charge in [0.2, 0.25) is 0 Å². The predicted molar refractivity (Wildman–Crippen MR) is 63.0 cm³/mol. The molecule has 0 aliphatic heterocycles. The van der Waals surface area contributed by atoms with E-state index in [1.54, 1.807) is 6.33 Å². The number of rotatable bonds is 3. The molecule has 3 atom stereocenters. The molecular formula is C11H14N4O3. The second-order valence-electron chi connectivity index (χ2n) is 4.65. The summed E-state index contributed by atoms with van der Waals surface area (Å²) in [5.41, 5.74) is 0.567. The standard InChI is InChI=1S/C11H14N4O3/c16-2-6-1-8(7(6)3-17)15-5-14-9-10(15)12-4-13-11(9)18/h4-8,16-17H,1-3H2,(H,12,13,18)/t6-,7-,8-/m1/s1. The van der Waals surface area contributed by atoms with Crippen LogP contribution >= 0.6 is 0 Å². The summed E-state index contributed by atoms with van der Waals surface area (Å²) in [5, 5.41) is 18.5. The van der Waals surface area contributed by atoms with E-state index < -0.39 is 0 Å². The summed E-state index contributed by atoms with van der Waals surface area (Å²) in [7, 11) is 0. The van der Waals surface area contributed by atoms with Crippen LogP contribution in [0.5, 0.6) is 0 Å². The van der Waals surface area contributed by atoms with Gasteiger partial charge in [-0.3, -0.25) is 4.79 Å². The molecule has 2 aromatic heterocycles. The Balaban J connectivity index is 2.01. The first-order valence-corrected chi connectivity index (χ1v) is 5.88. The SMILES string of the molecule is O=c1[nH]cnc2c1ncn2[C@@H]1C[C@H](CO)[C@H]1CO. The van der Waals surface area contributed by atoms with Crippen molar-refractivity contribution in [3.63, 3.8) is 0 Å². The van der Waals surface area contributed by atoms with Crippen molar-refractivity contribution in [2.45, 2.75) is 12.5 Å². The zero-order valence-electron chi connectivity index (χ0n) is 9.65. The fourth-order valence-electron chi connectivity index (χ4n) is 2.68. The first kappa shape index (κ1) is 11.4. The molecule has 1 aliphatic carbocycles. The molecule has 0 bridgehead atoms. The lowest BCUT2D eigenvalue weighted by atomic mass is 9.70. The number of nitrogens with one attached hydrogen (secondary N) is 1. The van der Waals surface area contributed by atoms with E-state index in [0.717, 1.165) is 6.42 Å². The second-order valence-corrected chi connectivity index (χ2v) is 4.65. The summed E-state index contributed by atoms with van der Waals surface area (Å²) in [5.74, 6) is 0.105. The van der Waals surface area contributed by atoms with Gasteiger partial charge < -0.3 is 19.8 Å². The van der Waals surface area contributed by atoms with Crippen molar-refractivity contribution < 1.29 is 10.2 Å². The van der Waals surface area contributed by atoms with Crippen molar-refractivity contribution >= 4 is 11.2 Å². The van der Waals surface area contributed by atoms with E-state index in [9.17, 15) is 9.90 Å². The number of aliphatic hydroxyl groups excluding tert-OH is 2. The average Bonchev–Trinajstić information content (AvgIpc) is 2.75. The van der Waals surface area contributed by atoms with E-state index in [-0.39, 0.29) is 36.7 Å². The van der Waals surface area contributed by atoms with Gasteiger partial charge in [0, 0.05) is 25.2 Å². The highest BCUT2D eigenvalue weighted by atomic mass is 16.3. The molecule has 2 heterocycles. The molecule has 18 heavy (non-hydrogen) atoms. The Morgan fingerprint density at radius 3 is 2.94 bits per heavy atom. The third-order valence-electron chi connectivity index (χ3n) is 3.81. The summed E-state index contributed by atoms with van der Waals surface area (Å²) in [6.07, 6.45) is 3.69.